The summed E-state index contributed by atoms with van der Waals surface area (Å²) < 4.78 is 4.80. The van der Waals surface area contributed by atoms with Gasteiger partial charge in [-0.3, -0.25) is 4.79 Å². The Balaban J connectivity index is 4.04. The van der Waals surface area contributed by atoms with E-state index in [9.17, 15) is 9.90 Å². The molecule has 0 saturated heterocycles. The predicted octanol–water partition coefficient (Wildman–Crippen LogP) is 1.86. The van der Waals surface area contributed by atoms with Gasteiger partial charge in [0.25, 0.3) is 0 Å². The summed E-state index contributed by atoms with van der Waals surface area (Å²) in [5, 5.41) is 13.1. The van der Waals surface area contributed by atoms with E-state index >= 15 is 0 Å². The summed E-state index contributed by atoms with van der Waals surface area (Å²) in [6, 6.07) is 0. The molecule has 2 N–H and O–H groups in total. The Bertz CT molecular complexity index is 206. The molecule has 0 radical (unpaired) electrons. The molecule has 0 saturated carbocycles. The third-order valence-corrected chi connectivity index (χ3v) is 3.45. The van der Waals surface area contributed by atoms with Gasteiger partial charge in [-0.1, -0.05) is 20.8 Å². The summed E-state index contributed by atoms with van der Waals surface area (Å²) in [5.74, 6) is -0.336. The molecule has 4 nitrogen and oxygen atoms in total. The first-order chi connectivity index (χ1) is 8.03. The van der Waals surface area contributed by atoms with Gasteiger partial charge in [0.15, 0.2) is 0 Å². The van der Waals surface area contributed by atoms with Crippen LogP contribution in [-0.4, -0.2) is 35.9 Å². The lowest BCUT2D eigenvalue weighted by molar-refractivity contribution is -0.145. The Kier molecular flexibility index (Phi) is 8.17. The average Bonchev–Trinajstić information content (AvgIpc) is 2.32. The lowest BCUT2D eigenvalue weighted by atomic mass is 9.89. The SMILES string of the molecule is CCOC(=O)CC(O)CNC(CC)(CC)CC. The first-order valence-corrected chi connectivity index (χ1v) is 6.62. The summed E-state index contributed by atoms with van der Waals surface area (Å²) >= 11 is 0. The lowest BCUT2D eigenvalue weighted by Crippen LogP contribution is -2.47. The number of esters is 1. The van der Waals surface area contributed by atoms with Gasteiger partial charge < -0.3 is 15.2 Å². The second kappa shape index (κ2) is 8.48. The van der Waals surface area contributed by atoms with Gasteiger partial charge in [0.1, 0.15) is 0 Å². The maximum atomic E-state index is 11.2. The molecule has 0 spiro atoms. The van der Waals surface area contributed by atoms with Crippen LogP contribution in [0.4, 0.5) is 0 Å². The Morgan fingerprint density at radius 3 is 2.18 bits per heavy atom. The minimum Gasteiger partial charge on any atom is -0.466 e. The fraction of sp³-hybridized carbons (Fsp3) is 0.923. The molecular formula is C13H27NO3. The molecule has 0 aromatic heterocycles. The molecule has 0 rings (SSSR count). The van der Waals surface area contributed by atoms with Gasteiger partial charge in [0.05, 0.1) is 19.1 Å². The number of hydrogen-bond donors (Lipinski definition) is 2. The van der Waals surface area contributed by atoms with E-state index in [4.69, 9.17) is 4.74 Å². The minimum atomic E-state index is -0.668. The van der Waals surface area contributed by atoms with Gasteiger partial charge in [-0.15, -0.1) is 0 Å². The van der Waals surface area contributed by atoms with E-state index in [0.29, 0.717) is 13.2 Å². The first kappa shape index (κ1) is 16.4. The van der Waals surface area contributed by atoms with Crippen molar-refractivity contribution in [2.45, 2.75) is 65.0 Å². The van der Waals surface area contributed by atoms with Crippen molar-refractivity contribution < 1.29 is 14.6 Å². The molecular weight excluding hydrogens is 218 g/mol. The van der Waals surface area contributed by atoms with Crippen molar-refractivity contribution in [1.82, 2.24) is 5.32 Å². The molecule has 0 heterocycles. The van der Waals surface area contributed by atoms with Crippen LogP contribution in [0.2, 0.25) is 0 Å². The fourth-order valence-electron chi connectivity index (χ4n) is 1.94. The van der Waals surface area contributed by atoms with E-state index in [1.165, 1.54) is 0 Å². The van der Waals surface area contributed by atoms with Crippen LogP contribution in [0.5, 0.6) is 0 Å². The molecule has 0 aromatic carbocycles. The number of β-amino-alcohol motifs (C(OH)–C–C–N with tert-alkyl or cyclic N) is 1. The van der Waals surface area contributed by atoms with E-state index in [2.05, 4.69) is 26.1 Å². The lowest BCUT2D eigenvalue weighted by Gasteiger charge is -2.32. The molecule has 0 amide bonds. The number of carbonyl (C=O) groups is 1. The summed E-state index contributed by atoms with van der Waals surface area (Å²) in [6.45, 7) is 8.97. The third-order valence-electron chi connectivity index (χ3n) is 3.45. The van der Waals surface area contributed by atoms with E-state index in [1.807, 2.05) is 0 Å². The molecule has 0 aliphatic carbocycles. The van der Waals surface area contributed by atoms with Gasteiger partial charge in [-0.2, -0.15) is 0 Å². The van der Waals surface area contributed by atoms with Crippen LogP contribution in [0.3, 0.4) is 0 Å². The van der Waals surface area contributed by atoms with Crippen LogP contribution in [0.1, 0.15) is 53.4 Å². The minimum absolute atomic E-state index is 0.0636. The monoisotopic (exact) mass is 245 g/mol. The van der Waals surface area contributed by atoms with Crippen molar-refractivity contribution in [2.24, 2.45) is 0 Å². The normalized spacial score (nSPS) is 13.5. The standard InChI is InChI=1S/C13H27NO3/c1-5-13(6-2,7-3)14-10-11(15)9-12(16)17-8-4/h11,14-15H,5-10H2,1-4H3. The Morgan fingerprint density at radius 2 is 1.76 bits per heavy atom. The van der Waals surface area contributed by atoms with Gasteiger partial charge in [-0.25, -0.2) is 0 Å². The summed E-state index contributed by atoms with van der Waals surface area (Å²) in [6.07, 6.45) is 2.46. The van der Waals surface area contributed by atoms with Crippen LogP contribution in [0, 0.1) is 0 Å². The van der Waals surface area contributed by atoms with Crippen LogP contribution in [0.15, 0.2) is 0 Å². The van der Waals surface area contributed by atoms with E-state index in [-0.39, 0.29) is 17.9 Å². The maximum absolute atomic E-state index is 11.2. The summed E-state index contributed by atoms with van der Waals surface area (Å²) in [5.41, 5.74) is 0.0790. The molecule has 0 aromatic rings. The molecule has 17 heavy (non-hydrogen) atoms. The van der Waals surface area contributed by atoms with Crippen molar-refractivity contribution in [1.29, 1.82) is 0 Å². The van der Waals surface area contributed by atoms with Crippen LogP contribution < -0.4 is 5.32 Å². The summed E-state index contributed by atoms with van der Waals surface area (Å²) in [7, 11) is 0. The molecule has 1 atom stereocenters. The smallest absolute Gasteiger partial charge is 0.308 e. The number of rotatable bonds is 9. The first-order valence-electron chi connectivity index (χ1n) is 6.62. The van der Waals surface area contributed by atoms with E-state index in [0.717, 1.165) is 19.3 Å². The number of ether oxygens (including phenoxy) is 1. The number of hydrogen-bond acceptors (Lipinski definition) is 4. The molecule has 1 unspecified atom stereocenters. The summed E-state index contributed by atoms with van der Waals surface area (Å²) in [4.78, 5) is 11.2. The zero-order valence-corrected chi connectivity index (χ0v) is 11.6. The highest BCUT2D eigenvalue weighted by atomic mass is 16.5. The fourth-order valence-corrected chi connectivity index (χ4v) is 1.94. The van der Waals surface area contributed by atoms with Gasteiger partial charge in [0, 0.05) is 12.1 Å². The molecule has 0 bridgehead atoms. The number of aliphatic hydroxyl groups is 1. The number of nitrogens with one attached hydrogen (secondary N) is 1. The van der Waals surface area contributed by atoms with E-state index in [1.54, 1.807) is 6.92 Å². The zero-order chi connectivity index (χ0) is 13.3. The maximum Gasteiger partial charge on any atom is 0.308 e. The van der Waals surface area contributed by atoms with Crippen LogP contribution >= 0.6 is 0 Å². The quantitative estimate of drug-likeness (QED) is 0.609. The third kappa shape index (κ3) is 6.03. The topological polar surface area (TPSA) is 58.6 Å². The Hall–Kier alpha value is -0.610. The van der Waals surface area contributed by atoms with E-state index < -0.39 is 6.10 Å². The molecule has 0 aliphatic heterocycles. The van der Waals surface area contributed by atoms with Crippen molar-refractivity contribution in [3.8, 4) is 0 Å². The van der Waals surface area contributed by atoms with Crippen LogP contribution in [-0.2, 0) is 9.53 Å². The molecule has 0 aliphatic rings. The average molecular weight is 245 g/mol. The van der Waals surface area contributed by atoms with Crippen LogP contribution in [0.25, 0.3) is 0 Å². The highest BCUT2D eigenvalue weighted by Crippen LogP contribution is 2.19. The predicted molar refractivity (Wildman–Crippen MR) is 68.9 cm³/mol. The number of aliphatic hydroxyl groups excluding tert-OH is 1. The van der Waals surface area contributed by atoms with Crippen molar-refractivity contribution >= 4 is 5.97 Å². The largest absolute Gasteiger partial charge is 0.466 e. The van der Waals surface area contributed by atoms with Crippen molar-refractivity contribution in [3.63, 3.8) is 0 Å². The molecule has 102 valence electrons. The Labute approximate surface area is 105 Å². The van der Waals surface area contributed by atoms with Crippen molar-refractivity contribution in [3.05, 3.63) is 0 Å². The highest BCUT2D eigenvalue weighted by Gasteiger charge is 2.24. The zero-order valence-electron chi connectivity index (χ0n) is 11.6. The Morgan fingerprint density at radius 1 is 1.24 bits per heavy atom. The van der Waals surface area contributed by atoms with Crippen molar-refractivity contribution in [2.75, 3.05) is 13.2 Å². The highest BCUT2D eigenvalue weighted by molar-refractivity contribution is 5.69. The molecule has 4 heteroatoms. The number of carbonyl (C=O) groups excluding carboxylic acids is 1. The van der Waals surface area contributed by atoms with Gasteiger partial charge >= 0.3 is 5.97 Å². The molecule has 0 fully saturated rings. The van der Waals surface area contributed by atoms with Gasteiger partial charge in [0.2, 0.25) is 0 Å². The second-order valence-corrected chi connectivity index (χ2v) is 4.38. The second-order valence-electron chi connectivity index (χ2n) is 4.38. The van der Waals surface area contributed by atoms with Gasteiger partial charge in [-0.05, 0) is 26.2 Å².